The van der Waals surface area contributed by atoms with Crippen molar-refractivity contribution in [2.45, 2.75) is 32.9 Å². The number of amides is 2. The summed E-state index contributed by atoms with van der Waals surface area (Å²) >= 11 is 12.1. The minimum Gasteiger partial charge on any atom is -0.497 e. The van der Waals surface area contributed by atoms with Crippen LogP contribution in [-0.4, -0.2) is 57.6 Å². The molecule has 1 atom stereocenters. The topological polar surface area (TPSA) is 96.0 Å². The van der Waals surface area contributed by atoms with E-state index in [4.69, 9.17) is 27.9 Å². The zero-order valence-electron chi connectivity index (χ0n) is 19.5. The van der Waals surface area contributed by atoms with Crippen molar-refractivity contribution in [1.82, 2.24) is 10.2 Å². The first-order chi connectivity index (χ1) is 16.0. The van der Waals surface area contributed by atoms with Crippen LogP contribution >= 0.6 is 23.2 Å². The summed E-state index contributed by atoms with van der Waals surface area (Å²) in [7, 11) is -2.36. The molecule has 0 aromatic heterocycles. The molecule has 2 amide bonds. The number of nitrogens with zero attached hydrogens (tertiary/aromatic N) is 2. The number of carbonyl (C=O) groups excluding carboxylic acids is 2. The predicted octanol–water partition coefficient (Wildman–Crippen LogP) is 3.71. The van der Waals surface area contributed by atoms with Gasteiger partial charge >= 0.3 is 0 Å². The zero-order chi connectivity index (χ0) is 25.5. The van der Waals surface area contributed by atoms with Gasteiger partial charge in [0.1, 0.15) is 18.3 Å². The van der Waals surface area contributed by atoms with E-state index < -0.39 is 28.5 Å². The minimum atomic E-state index is -3.83. The number of carbonyl (C=O) groups is 2. The molecular weight excluding hydrogens is 501 g/mol. The highest BCUT2D eigenvalue weighted by Crippen LogP contribution is 2.25. The lowest BCUT2D eigenvalue weighted by Gasteiger charge is -2.31. The van der Waals surface area contributed by atoms with Crippen molar-refractivity contribution in [3.63, 3.8) is 0 Å². The Hall–Kier alpha value is -2.49. The van der Waals surface area contributed by atoms with Gasteiger partial charge in [0.2, 0.25) is 21.8 Å². The van der Waals surface area contributed by atoms with Crippen molar-refractivity contribution >= 4 is 50.7 Å². The molecule has 1 N–H and O–H groups in total. The number of rotatable bonds is 11. The van der Waals surface area contributed by atoms with Gasteiger partial charge in [-0.05, 0) is 43.2 Å². The van der Waals surface area contributed by atoms with Crippen LogP contribution in [0.5, 0.6) is 5.75 Å². The van der Waals surface area contributed by atoms with Crippen LogP contribution in [-0.2, 0) is 26.2 Å². The Morgan fingerprint density at radius 2 is 1.82 bits per heavy atom. The molecule has 34 heavy (non-hydrogen) atoms. The van der Waals surface area contributed by atoms with Crippen LogP contribution < -0.4 is 14.4 Å². The fraction of sp³-hybridized carbons (Fsp3) is 0.391. The Morgan fingerprint density at radius 1 is 1.12 bits per heavy atom. The van der Waals surface area contributed by atoms with Crippen LogP contribution in [0.2, 0.25) is 10.0 Å². The molecule has 186 valence electrons. The van der Waals surface area contributed by atoms with Gasteiger partial charge in [0.15, 0.2) is 0 Å². The maximum absolute atomic E-state index is 13.5. The summed E-state index contributed by atoms with van der Waals surface area (Å²) in [5, 5.41) is 3.44. The fourth-order valence-corrected chi connectivity index (χ4v) is 4.35. The number of halogens is 2. The highest BCUT2D eigenvalue weighted by Gasteiger charge is 2.30. The van der Waals surface area contributed by atoms with Crippen molar-refractivity contribution in [2.75, 3.05) is 30.8 Å². The molecule has 0 aliphatic carbocycles. The minimum absolute atomic E-state index is 0.0339. The lowest BCUT2D eigenvalue weighted by molar-refractivity contribution is -0.139. The Bertz CT molecular complexity index is 1130. The van der Waals surface area contributed by atoms with E-state index in [-0.39, 0.29) is 18.1 Å². The van der Waals surface area contributed by atoms with Gasteiger partial charge in [-0.25, -0.2) is 8.42 Å². The van der Waals surface area contributed by atoms with Gasteiger partial charge in [0.25, 0.3) is 0 Å². The molecule has 0 saturated heterocycles. The van der Waals surface area contributed by atoms with Crippen LogP contribution in [0.3, 0.4) is 0 Å². The maximum Gasteiger partial charge on any atom is 0.244 e. The molecule has 0 saturated carbocycles. The first kappa shape index (κ1) is 27.8. The second-order valence-electron chi connectivity index (χ2n) is 7.71. The molecule has 0 heterocycles. The summed E-state index contributed by atoms with van der Waals surface area (Å²) in [6, 6.07) is 10.4. The summed E-state index contributed by atoms with van der Waals surface area (Å²) in [6.07, 6.45) is 1.75. The first-order valence-electron chi connectivity index (χ1n) is 10.6. The van der Waals surface area contributed by atoms with E-state index in [1.807, 2.05) is 6.92 Å². The smallest absolute Gasteiger partial charge is 0.244 e. The van der Waals surface area contributed by atoms with E-state index in [2.05, 4.69) is 5.32 Å². The Kier molecular flexibility index (Phi) is 10.0. The summed E-state index contributed by atoms with van der Waals surface area (Å²) in [4.78, 5) is 27.5. The monoisotopic (exact) mass is 529 g/mol. The van der Waals surface area contributed by atoms with Crippen molar-refractivity contribution in [3.05, 3.63) is 58.1 Å². The quantitative estimate of drug-likeness (QED) is 0.478. The number of benzene rings is 2. The molecule has 0 aliphatic rings. The van der Waals surface area contributed by atoms with E-state index in [9.17, 15) is 18.0 Å². The highest BCUT2D eigenvalue weighted by atomic mass is 35.5. The highest BCUT2D eigenvalue weighted by molar-refractivity contribution is 7.92. The molecule has 11 heteroatoms. The van der Waals surface area contributed by atoms with Crippen LogP contribution in [0.1, 0.15) is 25.8 Å². The van der Waals surface area contributed by atoms with Gasteiger partial charge in [-0.15, -0.1) is 0 Å². The van der Waals surface area contributed by atoms with Crippen molar-refractivity contribution in [1.29, 1.82) is 0 Å². The van der Waals surface area contributed by atoms with Crippen LogP contribution in [0.15, 0.2) is 42.5 Å². The lowest BCUT2D eigenvalue weighted by Crippen LogP contribution is -2.51. The molecule has 2 rings (SSSR count). The summed E-state index contributed by atoms with van der Waals surface area (Å²) in [6.45, 7) is 3.50. The fourth-order valence-electron chi connectivity index (χ4n) is 3.19. The summed E-state index contributed by atoms with van der Waals surface area (Å²) in [5.74, 6) is -0.459. The molecular formula is C23H29Cl2N3O5S. The molecule has 0 spiro atoms. The third-order valence-electron chi connectivity index (χ3n) is 5.07. The number of ether oxygens (including phenoxy) is 1. The van der Waals surface area contributed by atoms with Gasteiger partial charge in [0, 0.05) is 19.2 Å². The number of methoxy groups -OCH3 is 1. The number of hydrogen-bond acceptors (Lipinski definition) is 5. The van der Waals surface area contributed by atoms with Gasteiger partial charge in [-0.3, -0.25) is 13.9 Å². The molecule has 2 aromatic carbocycles. The third-order valence-corrected chi connectivity index (χ3v) is 6.95. The Labute approximate surface area is 210 Å². The average molecular weight is 530 g/mol. The van der Waals surface area contributed by atoms with Gasteiger partial charge in [-0.1, -0.05) is 42.3 Å². The zero-order valence-corrected chi connectivity index (χ0v) is 21.9. The van der Waals surface area contributed by atoms with Crippen molar-refractivity contribution in [2.24, 2.45) is 0 Å². The number of hydrogen-bond donors (Lipinski definition) is 1. The molecule has 0 aliphatic heterocycles. The summed E-state index contributed by atoms with van der Waals surface area (Å²) < 4.78 is 31.3. The van der Waals surface area contributed by atoms with E-state index >= 15 is 0 Å². The molecule has 2 aromatic rings. The van der Waals surface area contributed by atoms with E-state index in [0.717, 1.165) is 17.0 Å². The number of anilines is 1. The molecule has 0 fully saturated rings. The molecule has 8 nitrogen and oxygen atoms in total. The SMILES string of the molecule is CCCNC(=O)[C@@H](C)N(Cc1ccc(Cl)c(Cl)c1)C(=O)CN(c1cccc(OC)c1)S(C)(=O)=O. The van der Waals surface area contributed by atoms with Crippen molar-refractivity contribution < 1.29 is 22.7 Å². The predicted molar refractivity (Wildman–Crippen MR) is 135 cm³/mol. The third kappa shape index (κ3) is 7.51. The second kappa shape index (κ2) is 12.3. The number of nitrogens with one attached hydrogen (secondary N) is 1. The van der Waals surface area contributed by atoms with Crippen LogP contribution in [0.4, 0.5) is 5.69 Å². The van der Waals surface area contributed by atoms with Gasteiger partial charge in [0.05, 0.1) is 29.1 Å². The van der Waals surface area contributed by atoms with Gasteiger partial charge in [-0.2, -0.15) is 0 Å². The molecule has 0 unspecified atom stereocenters. The average Bonchev–Trinajstić information content (AvgIpc) is 2.80. The molecule has 0 radical (unpaired) electrons. The standard InChI is InChI=1S/C23H29Cl2N3O5S/c1-5-11-26-23(30)16(2)27(14-17-9-10-20(24)21(25)12-17)22(29)15-28(34(4,31)32)18-7-6-8-19(13-18)33-3/h6-10,12-13,16H,5,11,14-15H2,1-4H3,(H,26,30)/t16-/m1/s1. The molecule has 0 bridgehead atoms. The second-order valence-corrected chi connectivity index (χ2v) is 10.4. The van der Waals surface area contributed by atoms with E-state index in [1.54, 1.807) is 43.3 Å². The largest absolute Gasteiger partial charge is 0.497 e. The maximum atomic E-state index is 13.5. The summed E-state index contributed by atoms with van der Waals surface area (Å²) in [5.41, 5.74) is 0.915. The van der Waals surface area contributed by atoms with E-state index in [1.165, 1.54) is 18.1 Å². The van der Waals surface area contributed by atoms with E-state index in [0.29, 0.717) is 27.9 Å². The van der Waals surface area contributed by atoms with Crippen LogP contribution in [0, 0.1) is 0 Å². The number of sulfonamides is 1. The van der Waals surface area contributed by atoms with Gasteiger partial charge < -0.3 is 15.0 Å². The normalized spacial score (nSPS) is 12.1. The van der Waals surface area contributed by atoms with Crippen molar-refractivity contribution in [3.8, 4) is 5.75 Å². The first-order valence-corrected chi connectivity index (χ1v) is 13.2. The lowest BCUT2D eigenvalue weighted by atomic mass is 10.1. The van der Waals surface area contributed by atoms with Crippen LogP contribution in [0.25, 0.3) is 0 Å². The Balaban J connectivity index is 2.40. The Morgan fingerprint density at radius 3 is 2.41 bits per heavy atom.